The molecular formula is C25H25IN2O5. The number of fused-ring (bicyclic) bond motifs is 1. The summed E-state index contributed by atoms with van der Waals surface area (Å²) in [5.74, 6) is 2.29. The molecule has 33 heavy (non-hydrogen) atoms. The largest absolute Gasteiger partial charge is 0.496 e. The van der Waals surface area contributed by atoms with E-state index in [1.165, 1.54) is 0 Å². The molecule has 172 valence electrons. The molecule has 0 spiro atoms. The second kappa shape index (κ2) is 9.78. The molecule has 1 heterocycles. The lowest BCUT2D eigenvalue weighted by molar-refractivity contribution is 0.0974. The van der Waals surface area contributed by atoms with E-state index >= 15 is 0 Å². The Labute approximate surface area is 206 Å². The Morgan fingerprint density at radius 3 is 2.21 bits per heavy atom. The minimum atomic E-state index is -0.544. The molecule has 0 aliphatic carbocycles. The quantitative estimate of drug-likeness (QED) is 0.386. The first-order valence-corrected chi connectivity index (χ1v) is 11.5. The van der Waals surface area contributed by atoms with Gasteiger partial charge in [-0.05, 0) is 78.0 Å². The second-order valence-corrected chi connectivity index (χ2v) is 8.53. The fourth-order valence-corrected chi connectivity index (χ4v) is 4.39. The summed E-state index contributed by atoms with van der Waals surface area (Å²) in [4.78, 5) is 15.5. The van der Waals surface area contributed by atoms with Gasteiger partial charge in [0.2, 0.25) is 0 Å². The van der Waals surface area contributed by atoms with E-state index in [0.717, 1.165) is 26.3 Å². The average molecular weight is 560 g/mol. The van der Waals surface area contributed by atoms with Crippen molar-refractivity contribution in [2.75, 3.05) is 38.2 Å². The Morgan fingerprint density at radius 1 is 0.909 bits per heavy atom. The van der Waals surface area contributed by atoms with Crippen LogP contribution in [0.4, 0.5) is 11.4 Å². The van der Waals surface area contributed by atoms with Crippen molar-refractivity contribution in [2.24, 2.45) is 0 Å². The molecule has 0 saturated carbocycles. The van der Waals surface area contributed by atoms with Gasteiger partial charge in [0, 0.05) is 26.6 Å². The molecule has 0 unspecified atom stereocenters. The van der Waals surface area contributed by atoms with Crippen LogP contribution < -0.4 is 29.2 Å². The van der Waals surface area contributed by atoms with Crippen LogP contribution in [0.3, 0.4) is 0 Å². The molecule has 0 bridgehead atoms. The molecule has 1 aliphatic heterocycles. The summed E-state index contributed by atoms with van der Waals surface area (Å²) in [5, 5.41) is 3.52. The number of halogens is 1. The van der Waals surface area contributed by atoms with E-state index < -0.39 is 6.17 Å². The van der Waals surface area contributed by atoms with Crippen LogP contribution in [0.15, 0.2) is 54.6 Å². The number of benzene rings is 3. The van der Waals surface area contributed by atoms with Gasteiger partial charge in [0.1, 0.15) is 17.7 Å². The van der Waals surface area contributed by atoms with Crippen LogP contribution >= 0.6 is 22.6 Å². The third-order valence-corrected chi connectivity index (χ3v) is 6.11. The number of amides is 1. The molecule has 7 nitrogen and oxygen atoms in total. The lowest BCUT2D eigenvalue weighted by atomic mass is 10.0. The molecule has 3 aromatic rings. The summed E-state index contributed by atoms with van der Waals surface area (Å²) >= 11 is 2.21. The fourth-order valence-electron chi connectivity index (χ4n) is 3.90. The number of anilines is 2. The number of hydrogen-bond acceptors (Lipinski definition) is 6. The maximum absolute atomic E-state index is 13.8. The van der Waals surface area contributed by atoms with Crippen molar-refractivity contribution in [2.45, 2.75) is 13.1 Å². The van der Waals surface area contributed by atoms with Crippen LogP contribution in [0.1, 0.15) is 29.0 Å². The number of nitrogens with zero attached hydrogens (tertiary/aromatic N) is 1. The maximum Gasteiger partial charge on any atom is 0.262 e. The zero-order valence-electron chi connectivity index (χ0n) is 18.8. The van der Waals surface area contributed by atoms with Gasteiger partial charge < -0.3 is 24.3 Å². The van der Waals surface area contributed by atoms with Gasteiger partial charge >= 0.3 is 0 Å². The van der Waals surface area contributed by atoms with E-state index in [2.05, 4.69) is 27.9 Å². The summed E-state index contributed by atoms with van der Waals surface area (Å²) in [6.45, 7) is 2.50. The summed E-state index contributed by atoms with van der Waals surface area (Å²) in [6, 6.07) is 16.8. The Morgan fingerprint density at radius 2 is 1.58 bits per heavy atom. The minimum absolute atomic E-state index is 0.117. The van der Waals surface area contributed by atoms with Crippen molar-refractivity contribution < 1.29 is 23.7 Å². The van der Waals surface area contributed by atoms with Gasteiger partial charge in [-0.25, -0.2) is 0 Å². The van der Waals surface area contributed by atoms with Crippen molar-refractivity contribution in [1.82, 2.24) is 0 Å². The first-order chi connectivity index (χ1) is 16.0. The monoisotopic (exact) mass is 560 g/mol. The van der Waals surface area contributed by atoms with Gasteiger partial charge in [0.05, 0.1) is 33.5 Å². The highest BCUT2D eigenvalue weighted by molar-refractivity contribution is 14.1. The second-order valence-electron chi connectivity index (χ2n) is 7.29. The molecular weight excluding hydrogens is 535 g/mol. The summed E-state index contributed by atoms with van der Waals surface area (Å²) < 4.78 is 23.2. The predicted molar refractivity (Wildman–Crippen MR) is 136 cm³/mol. The first kappa shape index (κ1) is 23.0. The first-order valence-electron chi connectivity index (χ1n) is 10.4. The number of nitrogens with one attached hydrogen (secondary N) is 1. The smallest absolute Gasteiger partial charge is 0.262 e. The van der Waals surface area contributed by atoms with Crippen LogP contribution in [0.25, 0.3) is 0 Å². The molecule has 1 amide bonds. The average Bonchev–Trinajstić information content (AvgIpc) is 2.84. The number of hydrogen-bond donors (Lipinski definition) is 1. The van der Waals surface area contributed by atoms with E-state index in [1.807, 2.05) is 55.5 Å². The Bertz CT molecular complexity index is 1170. The van der Waals surface area contributed by atoms with Gasteiger partial charge in [-0.3, -0.25) is 9.69 Å². The van der Waals surface area contributed by atoms with Crippen LogP contribution in [0, 0.1) is 3.57 Å². The van der Waals surface area contributed by atoms with Gasteiger partial charge in [-0.15, -0.1) is 0 Å². The SMILES string of the molecule is CCOc1ccc(N2C(=O)c3cc(I)ccc3N[C@@H]2c2cc(OC)c(OC)cc2OC)cc1. The van der Waals surface area contributed by atoms with Crippen molar-refractivity contribution in [3.8, 4) is 23.0 Å². The summed E-state index contributed by atoms with van der Waals surface area (Å²) in [7, 11) is 4.74. The summed E-state index contributed by atoms with van der Waals surface area (Å²) in [6.07, 6.45) is -0.544. The van der Waals surface area contributed by atoms with Crippen LogP contribution in [-0.2, 0) is 0 Å². The van der Waals surface area contributed by atoms with E-state index in [4.69, 9.17) is 18.9 Å². The molecule has 0 saturated heterocycles. The van der Waals surface area contributed by atoms with E-state index in [9.17, 15) is 4.79 Å². The summed E-state index contributed by atoms with van der Waals surface area (Å²) in [5.41, 5.74) is 2.82. The van der Waals surface area contributed by atoms with Crippen molar-refractivity contribution in [3.05, 3.63) is 69.3 Å². The molecule has 1 atom stereocenters. The zero-order valence-corrected chi connectivity index (χ0v) is 21.0. The lowest BCUT2D eigenvalue weighted by Gasteiger charge is -2.39. The Kier molecular flexibility index (Phi) is 6.83. The van der Waals surface area contributed by atoms with Crippen molar-refractivity contribution >= 4 is 39.9 Å². The van der Waals surface area contributed by atoms with Gasteiger partial charge in [0.25, 0.3) is 5.91 Å². The van der Waals surface area contributed by atoms with Gasteiger partial charge in [0.15, 0.2) is 11.5 Å². The predicted octanol–water partition coefficient (Wildman–Crippen LogP) is 5.49. The highest BCUT2D eigenvalue weighted by Gasteiger charge is 2.36. The van der Waals surface area contributed by atoms with Crippen LogP contribution in [-0.4, -0.2) is 33.8 Å². The van der Waals surface area contributed by atoms with Gasteiger partial charge in [-0.2, -0.15) is 0 Å². The van der Waals surface area contributed by atoms with E-state index in [0.29, 0.717) is 29.4 Å². The Balaban J connectivity index is 1.89. The number of carbonyl (C=O) groups is 1. The molecule has 8 heteroatoms. The van der Waals surface area contributed by atoms with E-state index in [-0.39, 0.29) is 5.91 Å². The molecule has 0 radical (unpaired) electrons. The molecule has 3 aromatic carbocycles. The fraction of sp³-hybridized carbons (Fsp3) is 0.240. The van der Waals surface area contributed by atoms with Crippen molar-refractivity contribution in [1.29, 1.82) is 0 Å². The topological polar surface area (TPSA) is 69.3 Å². The number of rotatable bonds is 7. The van der Waals surface area contributed by atoms with Crippen LogP contribution in [0.5, 0.6) is 23.0 Å². The third kappa shape index (κ3) is 4.39. The minimum Gasteiger partial charge on any atom is -0.496 e. The number of carbonyl (C=O) groups excluding carboxylic acids is 1. The highest BCUT2D eigenvalue weighted by atomic mass is 127. The lowest BCUT2D eigenvalue weighted by Crippen LogP contribution is -2.43. The highest BCUT2D eigenvalue weighted by Crippen LogP contribution is 2.44. The number of ether oxygens (including phenoxy) is 4. The molecule has 0 fully saturated rings. The van der Waals surface area contributed by atoms with Gasteiger partial charge in [-0.1, -0.05) is 0 Å². The maximum atomic E-state index is 13.8. The van der Waals surface area contributed by atoms with Crippen molar-refractivity contribution in [3.63, 3.8) is 0 Å². The normalized spacial score (nSPS) is 14.9. The molecule has 1 N–H and O–H groups in total. The number of methoxy groups -OCH3 is 3. The molecule has 1 aliphatic rings. The molecule has 4 rings (SSSR count). The standard InChI is InChI=1S/C25H25IN2O5/c1-5-33-17-9-7-16(8-10-17)28-24(27-20-11-6-15(26)12-18(20)25(28)29)19-13-22(31-3)23(32-4)14-21(19)30-2/h6-14,24,27H,5H2,1-4H3/t24-/m0/s1. The zero-order chi connectivity index (χ0) is 23.5. The third-order valence-electron chi connectivity index (χ3n) is 5.44. The molecule has 0 aromatic heterocycles. The van der Waals surface area contributed by atoms with Crippen LogP contribution in [0.2, 0.25) is 0 Å². The van der Waals surface area contributed by atoms with E-state index in [1.54, 1.807) is 32.3 Å². The Hall–Kier alpha value is -3.14.